The van der Waals surface area contributed by atoms with E-state index in [-0.39, 0.29) is 26.2 Å². The number of carbonyl (C=O) groups is 1. The second-order valence-corrected chi connectivity index (χ2v) is 17.8. The summed E-state index contributed by atoms with van der Waals surface area (Å²) in [7, 11) is 1.29. The molecule has 60 heavy (non-hydrogen) atoms. The first-order chi connectivity index (χ1) is 29.1. The summed E-state index contributed by atoms with van der Waals surface area (Å²) in [6.45, 7) is 5.14. The van der Waals surface area contributed by atoms with E-state index in [1.54, 1.807) is 0 Å². The Balaban J connectivity index is 4.36. The van der Waals surface area contributed by atoms with E-state index in [0.29, 0.717) is 24.1 Å². The summed E-state index contributed by atoms with van der Waals surface area (Å²) >= 11 is 0. The molecule has 8 nitrogen and oxygen atoms in total. The van der Waals surface area contributed by atoms with Gasteiger partial charge in [-0.3, -0.25) is 9.36 Å². The van der Waals surface area contributed by atoms with Crippen molar-refractivity contribution >= 4 is 13.8 Å². The van der Waals surface area contributed by atoms with Gasteiger partial charge >= 0.3 is 5.97 Å². The van der Waals surface area contributed by atoms with Crippen LogP contribution in [0.5, 0.6) is 0 Å². The normalized spacial score (nSPS) is 14.6. The van der Waals surface area contributed by atoms with E-state index in [9.17, 15) is 14.3 Å². The highest BCUT2D eigenvalue weighted by Crippen LogP contribution is 2.38. The van der Waals surface area contributed by atoms with E-state index in [4.69, 9.17) is 18.5 Å². The van der Waals surface area contributed by atoms with E-state index in [1.165, 1.54) is 70.6 Å². The van der Waals surface area contributed by atoms with Crippen molar-refractivity contribution in [1.29, 1.82) is 0 Å². The molecule has 344 valence electrons. The Morgan fingerprint density at radius 2 is 0.967 bits per heavy atom. The Hall–Kier alpha value is -2.58. The van der Waals surface area contributed by atoms with Crippen LogP contribution in [0.4, 0.5) is 0 Å². The fourth-order valence-corrected chi connectivity index (χ4v) is 6.51. The Kier molecular flexibility index (Phi) is 41.2. The van der Waals surface area contributed by atoms with Gasteiger partial charge < -0.3 is 27.9 Å². The summed E-state index contributed by atoms with van der Waals surface area (Å²) < 4.78 is 34.5. The SMILES string of the molecule is CC/C=C\C/C=C\C/C=C\C/C=C\C/C=C\C/C=C\CCC(=O)OC(COCCCCCCCCCC/C=C\C/C=C\CCCCCC)COP(=O)([O-])OCC[N+](C)(C)C. The molecule has 0 bridgehead atoms. The maximum Gasteiger partial charge on any atom is 0.306 e. The topological polar surface area (TPSA) is 94.1 Å². The standard InChI is InChI=1S/C51H88NO7P/c1-6-8-10-12-14-16-18-20-22-24-26-28-30-32-34-36-38-40-42-44-51(53)59-50(49-58-60(54,55)57-47-45-52(3,4)5)48-56-46-43-41-39-37-35-33-31-29-27-25-23-21-19-17-15-13-11-9-7-2/h8,10,14,16-17,19-20,22-23,25-26,28,32,34,38,40,50H,6-7,9,11-13,15,18,21,24,27,29-31,33,35-37,39,41-49H2,1-5H3/b10-8-,16-14-,19-17-,22-20-,25-23-,28-26-,34-32-,40-38-. The van der Waals surface area contributed by atoms with Crippen LogP contribution < -0.4 is 4.89 Å². The maximum absolute atomic E-state index is 12.7. The lowest BCUT2D eigenvalue weighted by Gasteiger charge is -2.28. The molecule has 0 aromatic carbocycles. The van der Waals surface area contributed by atoms with Gasteiger partial charge in [-0.2, -0.15) is 0 Å². The monoisotopic (exact) mass is 858 g/mol. The van der Waals surface area contributed by atoms with Gasteiger partial charge in [-0.05, 0) is 83.5 Å². The number of phosphoric acid groups is 1. The number of unbranched alkanes of at least 4 members (excludes halogenated alkanes) is 12. The molecular weight excluding hydrogens is 770 g/mol. The van der Waals surface area contributed by atoms with Crippen molar-refractivity contribution in [2.24, 2.45) is 0 Å². The minimum atomic E-state index is -4.56. The molecule has 0 spiro atoms. The number of quaternary nitrogens is 1. The highest BCUT2D eigenvalue weighted by atomic mass is 31.2. The highest BCUT2D eigenvalue weighted by molar-refractivity contribution is 7.45. The van der Waals surface area contributed by atoms with Crippen molar-refractivity contribution in [2.75, 3.05) is 54.1 Å². The third kappa shape index (κ3) is 46.5. The summed E-state index contributed by atoms with van der Waals surface area (Å²) in [6, 6.07) is 0. The molecule has 0 fully saturated rings. The smallest absolute Gasteiger partial charge is 0.306 e. The average Bonchev–Trinajstić information content (AvgIpc) is 3.20. The maximum atomic E-state index is 12.7. The molecule has 0 radical (unpaired) electrons. The zero-order valence-electron chi connectivity index (χ0n) is 38.9. The van der Waals surface area contributed by atoms with Crippen LogP contribution in [0.3, 0.4) is 0 Å². The second kappa shape index (κ2) is 43.1. The first-order valence-electron chi connectivity index (χ1n) is 23.5. The Labute approximate surface area is 368 Å². The minimum Gasteiger partial charge on any atom is -0.756 e. The van der Waals surface area contributed by atoms with Crippen molar-refractivity contribution in [2.45, 2.75) is 168 Å². The van der Waals surface area contributed by atoms with Crippen molar-refractivity contribution in [3.8, 4) is 0 Å². The number of esters is 1. The molecule has 0 aliphatic heterocycles. The Morgan fingerprint density at radius 1 is 0.533 bits per heavy atom. The zero-order valence-corrected chi connectivity index (χ0v) is 39.8. The van der Waals surface area contributed by atoms with Crippen molar-refractivity contribution in [1.82, 2.24) is 0 Å². The fourth-order valence-electron chi connectivity index (χ4n) is 5.78. The van der Waals surface area contributed by atoms with Crippen LogP contribution in [0.1, 0.15) is 162 Å². The van der Waals surface area contributed by atoms with Crippen LogP contribution in [0.2, 0.25) is 0 Å². The summed E-state index contributed by atoms with van der Waals surface area (Å²) in [4.78, 5) is 25.1. The molecular formula is C51H88NO7P. The van der Waals surface area contributed by atoms with Crippen molar-refractivity contribution in [3.05, 3.63) is 97.2 Å². The number of likely N-dealkylation sites (N-methyl/N-ethyl adjacent to an activating group) is 1. The number of allylic oxidation sites excluding steroid dienone is 16. The molecule has 0 aromatic heterocycles. The number of ether oxygens (including phenoxy) is 2. The van der Waals surface area contributed by atoms with Gasteiger partial charge in [-0.15, -0.1) is 0 Å². The molecule has 0 rings (SSSR count). The summed E-state index contributed by atoms with van der Waals surface area (Å²) in [5.74, 6) is -0.421. The predicted octanol–water partition coefficient (Wildman–Crippen LogP) is 13.6. The van der Waals surface area contributed by atoms with Crippen LogP contribution in [0.15, 0.2) is 97.2 Å². The molecule has 0 aliphatic rings. The molecule has 0 amide bonds. The van der Waals surface area contributed by atoms with Crippen LogP contribution in [-0.2, 0) is 27.9 Å². The fraction of sp³-hybridized carbons (Fsp3) is 0.667. The van der Waals surface area contributed by atoms with Gasteiger partial charge in [0.05, 0.1) is 34.4 Å². The van der Waals surface area contributed by atoms with Gasteiger partial charge in [-0.25, -0.2) is 0 Å². The molecule has 9 heteroatoms. The molecule has 0 saturated heterocycles. The van der Waals surface area contributed by atoms with Gasteiger partial charge in [-0.1, -0.05) is 169 Å². The van der Waals surface area contributed by atoms with Gasteiger partial charge in [0.2, 0.25) is 0 Å². The largest absolute Gasteiger partial charge is 0.756 e. The highest BCUT2D eigenvalue weighted by Gasteiger charge is 2.20. The van der Waals surface area contributed by atoms with Crippen molar-refractivity contribution < 1.29 is 37.3 Å². The number of nitrogens with zero attached hydrogens (tertiary/aromatic N) is 1. The average molecular weight is 858 g/mol. The summed E-state index contributed by atoms with van der Waals surface area (Å²) in [6.07, 6.45) is 58.7. The Morgan fingerprint density at radius 3 is 1.45 bits per heavy atom. The molecule has 0 saturated carbocycles. The second-order valence-electron chi connectivity index (χ2n) is 16.4. The first kappa shape index (κ1) is 57.4. The molecule has 0 aliphatic carbocycles. The number of rotatable bonds is 42. The van der Waals surface area contributed by atoms with Gasteiger partial charge in [0.15, 0.2) is 0 Å². The zero-order chi connectivity index (χ0) is 44.1. The van der Waals surface area contributed by atoms with Crippen molar-refractivity contribution in [3.63, 3.8) is 0 Å². The number of hydrogen-bond donors (Lipinski definition) is 0. The van der Waals surface area contributed by atoms with E-state index < -0.39 is 19.9 Å². The van der Waals surface area contributed by atoms with E-state index >= 15 is 0 Å². The van der Waals surface area contributed by atoms with E-state index in [2.05, 4.69) is 98.9 Å². The third-order valence-corrected chi connectivity index (χ3v) is 10.3. The van der Waals surface area contributed by atoms with Crippen LogP contribution >= 0.6 is 7.82 Å². The lowest BCUT2D eigenvalue weighted by molar-refractivity contribution is -0.870. The summed E-state index contributed by atoms with van der Waals surface area (Å²) in [5, 5.41) is 0. The summed E-state index contributed by atoms with van der Waals surface area (Å²) in [5.41, 5.74) is 0. The molecule has 2 unspecified atom stereocenters. The molecule has 0 heterocycles. The molecule has 0 aromatic rings. The Bertz CT molecular complexity index is 1270. The lowest BCUT2D eigenvalue weighted by Crippen LogP contribution is -2.37. The van der Waals surface area contributed by atoms with E-state index in [1.807, 2.05) is 33.3 Å². The molecule has 0 N–H and O–H groups in total. The van der Waals surface area contributed by atoms with Gasteiger partial charge in [0, 0.05) is 13.0 Å². The lowest BCUT2D eigenvalue weighted by atomic mass is 10.1. The number of phosphoric ester groups is 1. The van der Waals surface area contributed by atoms with Gasteiger partial charge in [0.1, 0.15) is 19.3 Å². The minimum absolute atomic E-state index is 0.00589. The first-order valence-corrected chi connectivity index (χ1v) is 24.9. The molecule has 2 atom stereocenters. The van der Waals surface area contributed by atoms with Crippen LogP contribution in [-0.4, -0.2) is 70.7 Å². The van der Waals surface area contributed by atoms with Crippen LogP contribution in [0, 0.1) is 0 Å². The quantitative estimate of drug-likeness (QED) is 0.0198. The number of carbonyl (C=O) groups excluding carboxylic acids is 1. The van der Waals surface area contributed by atoms with E-state index in [0.717, 1.165) is 64.2 Å². The van der Waals surface area contributed by atoms with Gasteiger partial charge in [0.25, 0.3) is 7.82 Å². The number of hydrogen-bond acceptors (Lipinski definition) is 7. The third-order valence-electron chi connectivity index (χ3n) is 9.38. The predicted molar refractivity (Wildman–Crippen MR) is 254 cm³/mol. The van der Waals surface area contributed by atoms with Crippen LogP contribution in [0.25, 0.3) is 0 Å².